The zero-order valence-electron chi connectivity index (χ0n) is 18.6. The Bertz CT molecular complexity index is 1040. The fraction of sp³-hybridized carbons (Fsp3) is 0.375. The van der Waals surface area contributed by atoms with Crippen molar-refractivity contribution < 1.29 is 19.1 Å². The molecule has 1 aliphatic heterocycles. The van der Waals surface area contributed by atoms with Crippen molar-refractivity contribution in [2.75, 3.05) is 7.11 Å². The van der Waals surface area contributed by atoms with Gasteiger partial charge in [-0.05, 0) is 80.8 Å². The van der Waals surface area contributed by atoms with Gasteiger partial charge in [0.15, 0.2) is 0 Å². The lowest BCUT2D eigenvalue weighted by Crippen LogP contribution is -2.42. The number of benzene rings is 1. The minimum Gasteiger partial charge on any atom is -0.467 e. The Labute approximate surface area is 187 Å². The molecule has 0 saturated carbocycles. The Morgan fingerprint density at radius 3 is 2.48 bits per heavy atom. The summed E-state index contributed by atoms with van der Waals surface area (Å²) in [7, 11) is 1.24. The van der Waals surface area contributed by atoms with E-state index in [1.807, 2.05) is 19.9 Å². The Morgan fingerprint density at radius 1 is 1.19 bits per heavy atom. The maximum atomic E-state index is 12.8. The highest BCUT2D eigenvalue weighted by molar-refractivity contribution is 8.18. The number of ether oxygens (including phenoxy) is 1. The molecule has 0 radical (unpaired) electrons. The molecule has 6 nitrogen and oxygen atoms in total. The van der Waals surface area contributed by atoms with Crippen molar-refractivity contribution in [1.29, 1.82) is 0 Å². The molecule has 3 rings (SSSR count). The second kappa shape index (κ2) is 9.56. The average Bonchev–Trinajstić information content (AvgIpc) is 3.19. The molecule has 2 amide bonds. The van der Waals surface area contributed by atoms with Gasteiger partial charge in [-0.1, -0.05) is 25.5 Å². The summed E-state index contributed by atoms with van der Waals surface area (Å²) in [5, 5.41) is -0.467. The van der Waals surface area contributed by atoms with Crippen LogP contribution in [0.1, 0.15) is 49.2 Å². The van der Waals surface area contributed by atoms with Crippen molar-refractivity contribution in [2.45, 2.75) is 53.0 Å². The van der Waals surface area contributed by atoms with Crippen molar-refractivity contribution in [3.05, 3.63) is 57.8 Å². The number of rotatable bonds is 7. The Kier molecular flexibility index (Phi) is 7.05. The third-order valence-electron chi connectivity index (χ3n) is 5.52. The van der Waals surface area contributed by atoms with E-state index in [1.165, 1.54) is 32.4 Å². The summed E-state index contributed by atoms with van der Waals surface area (Å²) in [6.07, 6.45) is 5.15. The van der Waals surface area contributed by atoms with Crippen LogP contribution in [-0.2, 0) is 20.7 Å². The SMILES string of the molecule is CCCCc1ccc(-n2c(C)cc(/C=C3/SC(=O)N([C@H](C)C(=O)OC)C3=O)c2C)cc1. The number of hydrogen-bond donors (Lipinski definition) is 0. The number of methoxy groups -OCH3 is 1. The normalized spacial score (nSPS) is 16.3. The van der Waals surface area contributed by atoms with Crippen LogP contribution < -0.4 is 0 Å². The first-order valence-electron chi connectivity index (χ1n) is 10.4. The van der Waals surface area contributed by atoms with Crippen LogP contribution in [0.5, 0.6) is 0 Å². The third-order valence-corrected chi connectivity index (χ3v) is 6.41. The van der Waals surface area contributed by atoms with E-state index in [0.717, 1.165) is 45.7 Å². The Balaban J connectivity index is 1.88. The minimum absolute atomic E-state index is 0.302. The third kappa shape index (κ3) is 4.61. The predicted molar refractivity (Wildman–Crippen MR) is 123 cm³/mol. The maximum absolute atomic E-state index is 12.8. The van der Waals surface area contributed by atoms with Crippen molar-refractivity contribution in [3.8, 4) is 5.69 Å². The fourth-order valence-corrected chi connectivity index (χ4v) is 4.65. The molecule has 31 heavy (non-hydrogen) atoms. The highest BCUT2D eigenvalue weighted by Crippen LogP contribution is 2.35. The van der Waals surface area contributed by atoms with Gasteiger partial charge in [0.1, 0.15) is 6.04 Å². The number of imide groups is 1. The van der Waals surface area contributed by atoms with E-state index in [1.54, 1.807) is 6.08 Å². The molecule has 1 aliphatic rings. The highest BCUT2D eigenvalue weighted by atomic mass is 32.2. The number of carbonyl (C=O) groups is 3. The van der Waals surface area contributed by atoms with Crippen molar-refractivity contribution in [3.63, 3.8) is 0 Å². The standard InChI is InChI=1S/C24H28N2O4S/c1-6-7-8-18-9-11-20(12-10-18)25-15(2)13-19(16(25)3)14-21-22(27)26(24(29)31-21)17(4)23(28)30-5/h9-14,17H,6-8H2,1-5H3/b21-14+/t17-/m1/s1. The van der Waals surface area contributed by atoms with E-state index < -0.39 is 23.2 Å². The molecule has 2 heterocycles. The van der Waals surface area contributed by atoms with Crippen LogP contribution in [0.25, 0.3) is 11.8 Å². The van der Waals surface area contributed by atoms with Gasteiger partial charge in [0.2, 0.25) is 0 Å². The number of aromatic nitrogens is 1. The molecule has 0 bridgehead atoms. The van der Waals surface area contributed by atoms with Crippen molar-refractivity contribution in [1.82, 2.24) is 9.47 Å². The highest BCUT2D eigenvalue weighted by Gasteiger charge is 2.41. The molecular formula is C24H28N2O4S. The van der Waals surface area contributed by atoms with Gasteiger partial charge in [0, 0.05) is 17.1 Å². The van der Waals surface area contributed by atoms with Gasteiger partial charge in [-0.25, -0.2) is 4.79 Å². The van der Waals surface area contributed by atoms with Gasteiger partial charge in [-0.15, -0.1) is 0 Å². The molecule has 1 saturated heterocycles. The van der Waals surface area contributed by atoms with E-state index >= 15 is 0 Å². The first-order valence-corrected chi connectivity index (χ1v) is 11.2. The summed E-state index contributed by atoms with van der Waals surface area (Å²) >= 11 is 0.844. The molecule has 0 unspecified atom stereocenters. The first kappa shape index (κ1) is 22.9. The number of carbonyl (C=O) groups excluding carboxylic acids is 3. The zero-order chi connectivity index (χ0) is 22.7. The summed E-state index contributed by atoms with van der Waals surface area (Å²) in [5.41, 5.74) is 5.26. The molecular weight excluding hydrogens is 412 g/mol. The molecule has 1 atom stereocenters. The molecule has 0 N–H and O–H groups in total. The van der Waals surface area contributed by atoms with Crippen molar-refractivity contribution in [2.24, 2.45) is 0 Å². The summed E-state index contributed by atoms with van der Waals surface area (Å²) in [6.45, 7) is 7.68. The van der Waals surface area contributed by atoms with Crippen LogP contribution in [0, 0.1) is 13.8 Å². The number of hydrogen-bond acceptors (Lipinski definition) is 5. The van der Waals surface area contributed by atoms with Gasteiger partial charge in [-0.2, -0.15) is 0 Å². The summed E-state index contributed by atoms with van der Waals surface area (Å²) in [4.78, 5) is 38.2. The predicted octanol–water partition coefficient (Wildman–Crippen LogP) is 5.03. The number of unbranched alkanes of at least 4 members (excludes halogenated alkanes) is 1. The number of aryl methyl sites for hydroxylation is 2. The van der Waals surface area contributed by atoms with Gasteiger partial charge in [-0.3, -0.25) is 14.5 Å². The lowest BCUT2D eigenvalue weighted by atomic mass is 10.1. The molecule has 2 aromatic rings. The van der Waals surface area contributed by atoms with Gasteiger partial charge in [0.05, 0.1) is 12.0 Å². The monoisotopic (exact) mass is 440 g/mol. The minimum atomic E-state index is -0.956. The summed E-state index contributed by atoms with van der Waals surface area (Å²) in [5.74, 6) is -1.10. The van der Waals surface area contributed by atoms with E-state index in [4.69, 9.17) is 0 Å². The second-order valence-electron chi connectivity index (χ2n) is 7.68. The van der Waals surface area contributed by atoms with Crippen LogP contribution in [0.15, 0.2) is 35.2 Å². The second-order valence-corrected chi connectivity index (χ2v) is 8.68. The lowest BCUT2D eigenvalue weighted by Gasteiger charge is -2.18. The van der Waals surface area contributed by atoms with E-state index in [9.17, 15) is 14.4 Å². The lowest BCUT2D eigenvalue weighted by molar-refractivity contribution is -0.148. The smallest absolute Gasteiger partial charge is 0.328 e. The van der Waals surface area contributed by atoms with Crippen LogP contribution in [0.3, 0.4) is 0 Å². The number of nitrogens with zero attached hydrogens (tertiary/aromatic N) is 2. The van der Waals surface area contributed by atoms with Crippen molar-refractivity contribution >= 4 is 35.0 Å². The summed E-state index contributed by atoms with van der Waals surface area (Å²) in [6, 6.07) is 9.58. The van der Waals surface area contributed by atoms with Crippen LogP contribution in [0.2, 0.25) is 0 Å². The molecule has 1 aromatic heterocycles. The van der Waals surface area contributed by atoms with Gasteiger partial charge >= 0.3 is 5.97 Å². The number of thioether (sulfide) groups is 1. The quantitative estimate of drug-likeness (QED) is 0.446. The van der Waals surface area contributed by atoms with E-state index in [0.29, 0.717) is 4.91 Å². The van der Waals surface area contributed by atoms with Crippen LogP contribution in [0.4, 0.5) is 4.79 Å². The topological polar surface area (TPSA) is 68.6 Å². The first-order chi connectivity index (χ1) is 14.8. The Morgan fingerprint density at radius 2 is 1.87 bits per heavy atom. The van der Waals surface area contributed by atoms with E-state index in [2.05, 4.69) is 40.5 Å². The Hall–Kier alpha value is -2.80. The van der Waals surface area contributed by atoms with Gasteiger partial charge in [0.25, 0.3) is 11.1 Å². The molecule has 0 spiro atoms. The largest absolute Gasteiger partial charge is 0.467 e. The zero-order valence-corrected chi connectivity index (χ0v) is 19.4. The van der Waals surface area contributed by atoms with Gasteiger partial charge < -0.3 is 9.30 Å². The molecule has 1 fully saturated rings. The summed E-state index contributed by atoms with van der Waals surface area (Å²) < 4.78 is 6.81. The average molecular weight is 441 g/mol. The number of esters is 1. The van der Waals surface area contributed by atoms with Crippen LogP contribution in [-0.4, -0.2) is 39.7 Å². The molecule has 7 heteroatoms. The molecule has 1 aromatic carbocycles. The maximum Gasteiger partial charge on any atom is 0.328 e. The fourth-order valence-electron chi connectivity index (χ4n) is 3.75. The number of amides is 2. The molecule has 164 valence electrons. The molecule has 0 aliphatic carbocycles. The van der Waals surface area contributed by atoms with Crippen LogP contribution >= 0.6 is 11.8 Å². The van der Waals surface area contributed by atoms with E-state index in [-0.39, 0.29) is 0 Å².